The lowest BCUT2D eigenvalue weighted by Gasteiger charge is -2.10. The smallest absolute Gasteiger partial charge is 0.231 e. The van der Waals surface area contributed by atoms with Crippen molar-refractivity contribution in [3.63, 3.8) is 0 Å². The summed E-state index contributed by atoms with van der Waals surface area (Å²) in [5.74, 6) is 2.35. The van der Waals surface area contributed by atoms with Gasteiger partial charge in [-0.05, 0) is 41.5 Å². The fourth-order valence-corrected chi connectivity index (χ4v) is 2.59. The van der Waals surface area contributed by atoms with Gasteiger partial charge < -0.3 is 18.9 Å². The van der Waals surface area contributed by atoms with Crippen LogP contribution in [0.25, 0.3) is 11.6 Å². The number of nitrogens with zero attached hydrogens (tertiary/aromatic N) is 1. The molecule has 2 aromatic rings. The highest BCUT2D eigenvalue weighted by molar-refractivity contribution is 6.32. The molecule has 0 N–H and O–H groups in total. The maximum absolute atomic E-state index is 9.52. The first kappa shape index (κ1) is 16.0. The molecule has 3 rings (SSSR count). The van der Waals surface area contributed by atoms with E-state index < -0.39 is 0 Å². The van der Waals surface area contributed by atoms with Crippen LogP contribution in [0, 0.1) is 11.3 Å². The minimum absolute atomic E-state index is 0.186. The number of hydrogen-bond acceptors (Lipinski definition) is 5. The van der Waals surface area contributed by atoms with Gasteiger partial charge in [0.2, 0.25) is 6.79 Å². The molecule has 0 saturated carbocycles. The Kier molecular flexibility index (Phi) is 4.50. The van der Waals surface area contributed by atoms with Crippen molar-refractivity contribution < 1.29 is 18.9 Å². The van der Waals surface area contributed by atoms with Crippen molar-refractivity contribution in [1.29, 1.82) is 5.26 Å². The second-order valence-corrected chi connectivity index (χ2v) is 5.37. The zero-order valence-electron chi connectivity index (χ0n) is 13.1. The summed E-state index contributed by atoms with van der Waals surface area (Å²) < 4.78 is 21.1. The van der Waals surface area contributed by atoms with Crippen LogP contribution in [0.1, 0.15) is 11.1 Å². The van der Waals surface area contributed by atoms with Crippen LogP contribution in [0.2, 0.25) is 5.02 Å². The van der Waals surface area contributed by atoms with Crippen molar-refractivity contribution in [2.24, 2.45) is 0 Å². The summed E-state index contributed by atoms with van der Waals surface area (Å²) in [4.78, 5) is 0. The number of halogens is 1. The number of methoxy groups -OCH3 is 2. The molecule has 1 aliphatic heterocycles. The minimum atomic E-state index is 0.186. The van der Waals surface area contributed by atoms with Gasteiger partial charge in [-0.25, -0.2) is 0 Å². The summed E-state index contributed by atoms with van der Waals surface area (Å²) in [6.07, 6.45) is 1.70. The molecule has 122 valence electrons. The van der Waals surface area contributed by atoms with E-state index in [-0.39, 0.29) is 6.79 Å². The van der Waals surface area contributed by atoms with E-state index in [4.69, 9.17) is 30.5 Å². The molecule has 6 heteroatoms. The van der Waals surface area contributed by atoms with E-state index in [0.717, 1.165) is 0 Å². The minimum Gasteiger partial charge on any atom is -0.493 e. The lowest BCUT2D eigenvalue weighted by atomic mass is 10.0. The molecule has 0 aromatic heterocycles. The van der Waals surface area contributed by atoms with Crippen LogP contribution in [-0.2, 0) is 0 Å². The summed E-state index contributed by atoms with van der Waals surface area (Å²) in [6, 6.07) is 10.9. The molecule has 0 aliphatic carbocycles. The molecule has 0 amide bonds. The largest absolute Gasteiger partial charge is 0.493 e. The van der Waals surface area contributed by atoms with Gasteiger partial charge in [-0.2, -0.15) is 5.26 Å². The fraction of sp³-hybridized carbons (Fsp3) is 0.167. The van der Waals surface area contributed by atoms with E-state index in [1.54, 1.807) is 43.5 Å². The number of benzene rings is 2. The average molecular weight is 344 g/mol. The summed E-state index contributed by atoms with van der Waals surface area (Å²) in [5.41, 5.74) is 1.82. The molecule has 0 saturated heterocycles. The van der Waals surface area contributed by atoms with E-state index in [2.05, 4.69) is 6.07 Å². The number of allylic oxidation sites excluding steroid dienone is 1. The Morgan fingerprint density at radius 1 is 1.12 bits per heavy atom. The van der Waals surface area contributed by atoms with Gasteiger partial charge in [0.15, 0.2) is 23.0 Å². The Hall–Kier alpha value is -2.84. The normalized spacial score (nSPS) is 12.7. The van der Waals surface area contributed by atoms with E-state index in [1.807, 2.05) is 0 Å². The molecule has 2 aromatic carbocycles. The van der Waals surface area contributed by atoms with Crippen molar-refractivity contribution in [1.82, 2.24) is 0 Å². The van der Waals surface area contributed by atoms with Gasteiger partial charge >= 0.3 is 0 Å². The quantitative estimate of drug-likeness (QED) is 0.616. The standard InChI is InChI=1S/C18H14ClNO4/c1-21-16-7-12(14(19)8-17(16)22-2)5-13(9-20)11-3-4-15-18(6-11)24-10-23-15/h3-8H,10H2,1-2H3/b13-5+. The molecule has 0 bridgehead atoms. The van der Waals surface area contributed by atoms with Gasteiger partial charge in [0.25, 0.3) is 0 Å². The zero-order chi connectivity index (χ0) is 17.1. The van der Waals surface area contributed by atoms with Gasteiger partial charge in [-0.15, -0.1) is 0 Å². The molecule has 24 heavy (non-hydrogen) atoms. The predicted octanol–water partition coefficient (Wildman–Crippen LogP) is 4.15. The van der Waals surface area contributed by atoms with E-state index >= 15 is 0 Å². The van der Waals surface area contributed by atoms with Crippen molar-refractivity contribution in [3.05, 3.63) is 46.5 Å². The van der Waals surface area contributed by atoms with Crippen LogP contribution in [0.15, 0.2) is 30.3 Å². The Balaban J connectivity index is 2.04. The van der Waals surface area contributed by atoms with Crippen molar-refractivity contribution in [2.75, 3.05) is 21.0 Å². The summed E-state index contributed by atoms with van der Waals surface area (Å²) in [7, 11) is 3.08. The molecule has 1 aliphatic rings. The summed E-state index contributed by atoms with van der Waals surface area (Å²) in [6.45, 7) is 0.186. The number of fused-ring (bicyclic) bond motifs is 1. The van der Waals surface area contributed by atoms with Crippen molar-refractivity contribution in [3.8, 4) is 29.1 Å². The second-order valence-electron chi connectivity index (χ2n) is 4.97. The molecule has 0 unspecified atom stereocenters. The van der Waals surface area contributed by atoms with Crippen LogP contribution < -0.4 is 18.9 Å². The molecule has 0 atom stereocenters. The highest BCUT2D eigenvalue weighted by atomic mass is 35.5. The molecule has 0 fully saturated rings. The molecular weight excluding hydrogens is 330 g/mol. The third-order valence-electron chi connectivity index (χ3n) is 3.61. The zero-order valence-corrected chi connectivity index (χ0v) is 13.9. The maximum atomic E-state index is 9.52. The first-order chi connectivity index (χ1) is 11.7. The molecule has 0 radical (unpaired) electrons. The molecule has 5 nitrogen and oxygen atoms in total. The molecular formula is C18H14ClNO4. The molecule has 1 heterocycles. The first-order valence-corrected chi connectivity index (χ1v) is 7.47. The number of ether oxygens (including phenoxy) is 4. The van der Waals surface area contributed by atoms with E-state index in [1.165, 1.54) is 7.11 Å². The van der Waals surface area contributed by atoms with Crippen molar-refractivity contribution >= 4 is 23.3 Å². The average Bonchev–Trinajstić information content (AvgIpc) is 3.08. The number of nitriles is 1. The highest BCUT2D eigenvalue weighted by Crippen LogP contribution is 2.37. The fourth-order valence-electron chi connectivity index (χ4n) is 2.38. The Morgan fingerprint density at radius 3 is 2.54 bits per heavy atom. The number of hydrogen-bond donors (Lipinski definition) is 0. The Labute approximate surface area is 144 Å². The first-order valence-electron chi connectivity index (χ1n) is 7.09. The van der Waals surface area contributed by atoms with Crippen LogP contribution in [0.3, 0.4) is 0 Å². The topological polar surface area (TPSA) is 60.7 Å². The maximum Gasteiger partial charge on any atom is 0.231 e. The Morgan fingerprint density at radius 2 is 1.83 bits per heavy atom. The predicted molar refractivity (Wildman–Crippen MR) is 90.6 cm³/mol. The lowest BCUT2D eigenvalue weighted by molar-refractivity contribution is 0.174. The van der Waals surface area contributed by atoms with Crippen molar-refractivity contribution in [2.45, 2.75) is 0 Å². The van der Waals surface area contributed by atoms with Gasteiger partial charge in [-0.3, -0.25) is 0 Å². The SMILES string of the molecule is COc1cc(Cl)c(/C=C(\C#N)c2ccc3c(c2)OCO3)cc1OC. The third-order valence-corrected chi connectivity index (χ3v) is 3.93. The molecule has 0 spiro atoms. The van der Waals surface area contributed by atoms with Crippen LogP contribution in [0.5, 0.6) is 23.0 Å². The van der Waals surface area contributed by atoms with E-state index in [9.17, 15) is 5.26 Å². The van der Waals surface area contributed by atoms with Gasteiger partial charge in [0.05, 0.1) is 30.9 Å². The number of rotatable bonds is 4. The lowest BCUT2D eigenvalue weighted by Crippen LogP contribution is -1.93. The third kappa shape index (κ3) is 2.97. The highest BCUT2D eigenvalue weighted by Gasteiger charge is 2.15. The van der Waals surface area contributed by atoms with Crippen LogP contribution in [0.4, 0.5) is 0 Å². The monoisotopic (exact) mass is 343 g/mol. The van der Waals surface area contributed by atoms with Gasteiger partial charge in [0, 0.05) is 6.07 Å². The van der Waals surface area contributed by atoms with Crippen LogP contribution >= 0.6 is 11.6 Å². The second kappa shape index (κ2) is 6.73. The Bertz CT molecular complexity index is 855. The van der Waals surface area contributed by atoms with E-state index in [0.29, 0.717) is 44.7 Å². The van der Waals surface area contributed by atoms with Gasteiger partial charge in [-0.1, -0.05) is 11.6 Å². The summed E-state index contributed by atoms with van der Waals surface area (Å²) in [5, 5.41) is 9.98. The van der Waals surface area contributed by atoms with Gasteiger partial charge in [0.1, 0.15) is 0 Å². The summed E-state index contributed by atoms with van der Waals surface area (Å²) >= 11 is 6.29. The van der Waals surface area contributed by atoms with Crippen LogP contribution in [-0.4, -0.2) is 21.0 Å².